The average Bonchev–Trinajstić information content (AvgIpc) is 2.84. The first kappa shape index (κ1) is 15.0. The Balaban J connectivity index is 2.15. The number of hydrogen-bond donors (Lipinski definition) is 2. The Labute approximate surface area is 121 Å². The summed E-state index contributed by atoms with van der Waals surface area (Å²) in [6, 6.07) is 8.75. The lowest BCUT2D eigenvalue weighted by Crippen LogP contribution is -2.36. The fourth-order valence-corrected chi connectivity index (χ4v) is 2.71. The number of unbranched alkanes of at least 4 members (excludes halogenated alkanes) is 2. The fourth-order valence-electron chi connectivity index (χ4n) is 2.71. The van der Waals surface area contributed by atoms with E-state index < -0.39 is 0 Å². The molecule has 2 rings (SSSR count). The van der Waals surface area contributed by atoms with Crippen LogP contribution in [0.25, 0.3) is 10.9 Å². The lowest BCUT2D eigenvalue weighted by atomic mass is 10.0. The molecule has 4 heteroatoms. The van der Waals surface area contributed by atoms with Crippen LogP contribution in [-0.4, -0.2) is 15.8 Å². The molecule has 1 unspecified atom stereocenters. The van der Waals surface area contributed by atoms with Gasteiger partial charge in [-0.05, 0) is 19.4 Å². The Morgan fingerprint density at radius 1 is 1.25 bits per heavy atom. The molecule has 0 bridgehead atoms. The van der Waals surface area contributed by atoms with Crippen LogP contribution in [0, 0.1) is 0 Å². The van der Waals surface area contributed by atoms with Gasteiger partial charge in [0.05, 0.1) is 11.2 Å². The van der Waals surface area contributed by atoms with Gasteiger partial charge in [0.1, 0.15) is 0 Å². The summed E-state index contributed by atoms with van der Waals surface area (Å²) in [6.45, 7) is 5.25. The number of hydrazine groups is 1. The van der Waals surface area contributed by atoms with Gasteiger partial charge in [0.2, 0.25) is 0 Å². The summed E-state index contributed by atoms with van der Waals surface area (Å²) >= 11 is 0. The van der Waals surface area contributed by atoms with E-state index in [1.54, 1.807) is 0 Å². The number of hydrogen-bond acceptors (Lipinski definition) is 3. The van der Waals surface area contributed by atoms with Gasteiger partial charge in [-0.2, -0.15) is 5.10 Å². The summed E-state index contributed by atoms with van der Waals surface area (Å²) < 4.78 is 2.07. The zero-order chi connectivity index (χ0) is 14.4. The zero-order valence-electron chi connectivity index (χ0n) is 12.6. The minimum Gasteiger partial charge on any atom is -0.271 e. The highest BCUT2D eigenvalue weighted by Gasteiger charge is 2.14. The van der Waals surface area contributed by atoms with E-state index in [9.17, 15) is 0 Å². The maximum absolute atomic E-state index is 5.70. The summed E-state index contributed by atoms with van der Waals surface area (Å²) in [4.78, 5) is 0. The van der Waals surface area contributed by atoms with Crippen molar-refractivity contribution in [3.8, 4) is 0 Å². The number of rotatable bonds is 8. The highest BCUT2D eigenvalue weighted by atomic mass is 15.3. The molecular weight excluding hydrogens is 248 g/mol. The van der Waals surface area contributed by atoms with Gasteiger partial charge in [-0.25, -0.2) is 0 Å². The summed E-state index contributed by atoms with van der Waals surface area (Å²) in [5.74, 6) is 5.70. The summed E-state index contributed by atoms with van der Waals surface area (Å²) in [5.41, 5.74) is 5.32. The van der Waals surface area contributed by atoms with Gasteiger partial charge < -0.3 is 0 Å². The van der Waals surface area contributed by atoms with Crippen LogP contribution in [-0.2, 0) is 13.0 Å². The van der Waals surface area contributed by atoms with E-state index in [1.165, 1.54) is 30.2 Å². The van der Waals surface area contributed by atoms with Crippen molar-refractivity contribution in [3.63, 3.8) is 0 Å². The molecule has 0 fully saturated rings. The van der Waals surface area contributed by atoms with E-state index in [0.717, 1.165) is 25.1 Å². The van der Waals surface area contributed by atoms with Crippen molar-refractivity contribution >= 4 is 10.9 Å². The standard InChI is InChI=1S/C16H26N4/c1-3-5-6-9-13(18-17)12-15-14-10-7-8-11-16(14)20(4-2)19-15/h7-8,10-11,13,18H,3-6,9,12,17H2,1-2H3. The number of aromatic nitrogens is 2. The molecule has 1 aromatic heterocycles. The number of nitrogens with two attached hydrogens (primary N) is 1. The number of nitrogens with zero attached hydrogens (tertiary/aromatic N) is 2. The quantitative estimate of drug-likeness (QED) is 0.442. The minimum absolute atomic E-state index is 0.310. The Bertz CT molecular complexity index is 532. The molecule has 1 heterocycles. The van der Waals surface area contributed by atoms with Gasteiger partial charge in [-0.1, -0.05) is 44.4 Å². The molecule has 4 nitrogen and oxygen atoms in total. The Morgan fingerprint density at radius 3 is 2.75 bits per heavy atom. The van der Waals surface area contributed by atoms with E-state index in [0.29, 0.717) is 6.04 Å². The van der Waals surface area contributed by atoms with Crippen molar-refractivity contribution in [3.05, 3.63) is 30.0 Å². The first-order valence-corrected chi connectivity index (χ1v) is 7.70. The van der Waals surface area contributed by atoms with Crippen LogP contribution in [0.5, 0.6) is 0 Å². The second-order valence-electron chi connectivity index (χ2n) is 5.34. The van der Waals surface area contributed by atoms with E-state index >= 15 is 0 Å². The Morgan fingerprint density at radius 2 is 2.05 bits per heavy atom. The summed E-state index contributed by atoms with van der Waals surface area (Å²) in [5, 5.41) is 6.00. The number of nitrogens with one attached hydrogen (secondary N) is 1. The van der Waals surface area contributed by atoms with Crippen LogP contribution < -0.4 is 11.3 Å². The molecule has 2 aromatic rings. The first-order chi connectivity index (χ1) is 9.80. The van der Waals surface area contributed by atoms with Crippen LogP contribution in [0.3, 0.4) is 0 Å². The second-order valence-corrected chi connectivity index (χ2v) is 5.34. The van der Waals surface area contributed by atoms with Crippen LogP contribution in [0.15, 0.2) is 24.3 Å². The van der Waals surface area contributed by atoms with E-state index in [2.05, 4.69) is 48.2 Å². The zero-order valence-corrected chi connectivity index (χ0v) is 12.6. The van der Waals surface area contributed by atoms with Crippen LogP contribution in [0.2, 0.25) is 0 Å². The molecule has 3 N–H and O–H groups in total. The van der Waals surface area contributed by atoms with E-state index in [4.69, 9.17) is 10.9 Å². The molecule has 1 atom stereocenters. The minimum atomic E-state index is 0.310. The van der Waals surface area contributed by atoms with Gasteiger partial charge in [0.25, 0.3) is 0 Å². The number of para-hydroxylation sites is 1. The molecule has 0 aliphatic heterocycles. The second kappa shape index (κ2) is 7.41. The van der Waals surface area contributed by atoms with E-state index in [1.807, 2.05) is 0 Å². The van der Waals surface area contributed by atoms with Crippen LogP contribution in [0.1, 0.15) is 45.2 Å². The van der Waals surface area contributed by atoms with E-state index in [-0.39, 0.29) is 0 Å². The molecule has 0 saturated carbocycles. The predicted molar refractivity (Wildman–Crippen MR) is 84.4 cm³/mol. The molecule has 20 heavy (non-hydrogen) atoms. The SMILES string of the molecule is CCCCCC(Cc1nn(CC)c2ccccc12)NN. The summed E-state index contributed by atoms with van der Waals surface area (Å²) in [6.07, 6.45) is 5.73. The highest BCUT2D eigenvalue weighted by molar-refractivity contribution is 5.82. The van der Waals surface area contributed by atoms with Gasteiger partial charge in [-0.3, -0.25) is 16.0 Å². The number of aryl methyl sites for hydroxylation is 1. The van der Waals surface area contributed by atoms with Crippen molar-refractivity contribution < 1.29 is 0 Å². The molecule has 0 aliphatic carbocycles. The van der Waals surface area contributed by atoms with Crippen molar-refractivity contribution in [1.29, 1.82) is 0 Å². The predicted octanol–water partition coefficient (Wildman–Crippen LogP) is 3.01. The molecule has 1 aromatic carbocycles. The highest BCUT2D eigenvalue weighted by Crippen LogP contribution is 2.20. The van der Waals surface area contributed by atoms with Gasteiger partial charge in [0.15, 0.2) is 0 Å². The average molecular weight is 274 g/mol. The van der Waals surface area contributed by atoms with Crippen LogP contribution in [0.4, 0.5) is 0 Å². The van der Waals surface area contributed by atoms with Crippen molar-refractivity contribution in [2.45, 2.75) is 58.5 Å². The summed E-state index contributed by atoms with van der Waals surface area (Å²) in [7, 11) is 0. The molecule has 0 amide bonds. The maximum Gasteiger partial charge on any atom is 0.0719 e. The third-order valence-corrected chi connectivity index (χ3v) is 3.87. The lowest BCUT2D eigenvalue weighted by molar-refractivity contribution is 0.461. The molecule has 110 valence electrons. The largest absolute Gasteiger partial charge is 0.271 e. The molecule has 0 radical (unpaired) electrons. The smallest absolute Gasteiger partial charge is 0.0719 e. The third-order valence-electron chi connectivity index (χ3n) is 3.87. The van der Waals surface area contributed by atoms with Crippen LogP contribution >= 0.6 is 0 Å². The molecule has 0 spiro atoms. The number of fused-ring (bicyclic) bond motifs is 1. The number of benzene rings is 1. The maximum atomic E-state index is 5.70. The van der Waals surface area contributed by atoms with Gasteiger partial charge in [0, 0.05) is 24.4 Å². The Kier molecular flexibility index (Phi) is 5.56. The molecule has 0 aliphatic rings. The topological polar surface area (TPSA) is 55.9 Å². The third kappa shape index (κ3) is 3.38. The van der Waals surface area contributed by atoms with Crippen molar-refractivity contribution in [2.75, 3.05) is 0 Å². The lowest BCUT2D eigenvalue weighted by Gasteiger charge is -2.14. The Hall–Kier alpha value is -1.39. The fraction of sp³-hybridized carbons (Fsp3) is 0.562. The van der Waals surface area contributed by atoms with Gasteiger partial charge >= 0.3 is 0 Å². The molecule has 0 saturated heterocycles. The molecular formula is C16H26N4. The normalized spacial score (nSPS) is 12.9. The van der Waals surface area contributed by atoms with Crippen molar-refractivity contribution in [1.82, 2.24) is 15.2 Å². The first-order valence-electron chi connectivity index (χ1n) is 7.70. The monoisotopic (exact) mass is 274 g/mol. The van der Waals surface area contributed by atoms with Crippen molar-refractivity contribution in [2.24, 2.45) is 5.84 Å². The van der Waals surface area contributed by atoms with Gasteiger partial charge in [-0.15, -0.1) is 0 Å².